The van der Waals surface area contributed by atoms with Crippen molar-refractivity contribution in [2.75, 3.05) is 20.2 Å². The third-order valence-corrected chi connectivity index (χ3v) is 19.2. The number of ketones is 2. The lowest BCUT2D eigenvalue weighted by atomic mass is 9.60. The van der Waals surface area contributed by atoms with Gasteiger partial charge in [0.1, 0.15) is 11.2 Å². The van der Waals surface area contributed by atoms with Gasteiger partial charge in [-0.05, 0) is 181 Å². The molecule has 8 aliphatic rings. The van der Waals surface area contributed by atoms with E-state index in [9.17, 15) is 24.9 Å². The summed E-state index contributed by atoms with van der Waals surface area (Å²) in [5.74, 6) is 13.6. The zero-order valence-electron chi connectivity index (χ0n) is 38.1. The number of nitrogens with one attached hydrogen (secondary N) is 2. The standard InChI is InChI=1S/C52H85N3O6/c1-3-34-31-55-51(53)29-45(34)44(38-11-10-35-6-4-5-7-37(35)24-38)26-41(56)15-12-36-19-21-52(49(59)17-14-39-25-48(61-2)47(58)28-43(36)39)20-18-32(23-50(52)60)8-9-33-22-40-13-16-42(57)27-46(40)54-30-33/h32-41,43-48,50-51,54-56,58,60H,3-18,20,22-31,53H2,1-2H3. The molecule has 0 aromatic carbocycles. The van der Waals surface area contributed by atoms with Crippen molar-refractivity contribution in [3.05, 3.63) is 0 Å². The summed E-state index contributed by atoms with van der Waals surface area (Å²) in [5, 5.41) is 42.8. The molecule has 0 amide bonds. The van der Waals surface area contributed by atoms with Gasteiger partial charge in [-0.1, -0.05) is 57.3 Å². The topological polar surface area (TPSA) is 154 Å². The molecule has 2 saturated heterocycles. The van der Waals surface area contributed by atoms with E-state index >= 15 is 0 Å². The van der Waals surface area contributed by atoms with Crippen LogP contribution in [0.25, 0.3) is 0 Å². The van der Waals surface area contributed by atoms with Crippen LogP contribution >= 0.6 is 0 Å². The number of aliphatic hydroxyl groups is 3. The summed E-state index contributed by atoms with van der Waals surface area (Å²) in [5.41, 5.74) is 5.58. The van der Waals surface area contributed by atoms with Crippen molar-refractivity contribution in [1.29, 1.82) is 0 Å². The molecule has 9 nitrogen and oxygen atoms in total. The van der Waals surface area contributed by atoms with E-state index in [0.29, 0.717) is 98.2 Å². The molecule has 2 aliphatic heterocycles. The van der Waals surface area contributed by atoms with E-state index in [2.05, 4.69) is 29.4 Å². The third-order valence-electron chi connectivity index (χ3n) is 19.2. The summed E-state index contributed by atoms with van der Waals surface area (Å²) >= 11 is 0. The SMILES string of the molecule is CCC1CNC(N)CC1C(CC(O)CCC1C#CC2(CCC(CCC3CNC4CC(=O)CCC4C3)CC2O)C(=O)CCC2CC(OC)C(O)CC12)C1CCC2CCCCC2C1. The van der Waals surface area contributed by atoms with E-state index < -0.39 is 23.7 Å². The molecule has 7 fully saturated rings. The van der Waals surface area contributed by atoms with Crippen LogP contribution < -0.4 is 16.4 Å². The summed E-state index contributed by atoms with van der Waals surface area (Å²) < 4.78 is 5.79. The maximum atomic E-state index is 14.4. The molecule has 1 spiro atoms. The highest BCUT2D eigenvalue weighted by Crippen LogP contribution is 2.51. The first-order valence-corrected chi connectivity index (χ1v) is 25.9. The highest BCUT2D eigenvalue weighted by atomic mass is 16.5. The number of nitrogens with two attached hydrogens (primary N) is 1. The van der Waals surface area contributed by atoms with Gasteiger partial charge in [-0.15, -0.1) is 0 Å². The van der Waals surface area contributed by atoms with E-state index in [1.54, 1.807) is 7.11 Å². The van der Waals surface area contributed by atoms with Gasteiger partial charge in [0.2, 0.25) is 0 Å². The number of carbonyl (C=O) groups is 2. The fourth-order valence-corrected chi connectivity index (χ4v) is 15.4. The molecular weight excluding hydrogens is 763 g/mol. The van der Waals surface area contributed by atoms with Crippen molar-refractivity contribution >= 4 is 11.6 Å². The Morgan fingerprint density at radius 2 is 1.64 bits per heavy atom. The summed E-state index contributed by atoms with van der Waals surface area (Å²) in [6, 6.07) is 0.358. The molecule has 7 N–H and O–H groups in total. The van der Waals surface area contributed by atoms with E-state index in [1.807, 2.05) is 0 Å². The molecule has 19 unspecified atom stereocenters. The Balaban J connectivity index is 0.958. The summed E-state index contributed by atoms with van der Waals surface area (Å²) in [6.45, 7) is 4.27. The Morgan fingerprint density at radius 3 is 2.44 bits per heavy atom. The molecule has 2 heterocycles. The molecule has 0 aromatic heterocycles. The first-order chi connectivity index (χ1) is 29.5. The second kappa shape index (κ2) is 20.8. The van der Waals surface area contributed by atoms with Gasteiger partial charge in [-0.2, -0.15) is 0 Å². The number of aliphatic hydroxyl groups excluding tert-OH is 3. The predicted molar refractivity (Wildman–Crippen MR) is 240 cm³/mol. The van der Waals surface area contributed by atoms with Gasteiger partial charge in [-0.25, -0.2) is 0 Å². The molecule has 0 aromatic rings. The average molecular weight is 848 g/mol. The maximum Gasteiger partial charge on any atom is 0.153 e. The number of carbonyl (C=O) groups excluding carboxylic acids is 2. The van der Waals surface area contributed by atoms with Crippen molar-refractivity contribution in [3.63, 3.8) is 0 Å². The Morgan fingerprint density at radius 1 is 0.836 bits per heavy atom. The number of hydrogen-bond acceptors (Lipinski definition) is 9. The number of piperidine rings is 2. The summed E-state index contributed by atoms with van der Waals surface area (Å²) in [4.78, 5) is 26.4. The normalized spacial score (nSPS) is 45.5. The molecule has 6 aliphatic carbocycles. The first kappa shape index (κ1) is 46.2. The highest BCUT2D eigenvalue weighted by molar-refractivity contribution is 5.89. The Labute approximate surface area is 369 Å². The molecule has 0 bridgehead atoms. The fourth-order valence-electron chi connectivity index (χ4n) is 15.4. The van der Waals surface area contributed by atoms with Gasteiger partial charge in [0.15, 0.2) is 5.78 Å². The first-order valence-electron chi connectivity index (χ1n) is 25.9. The van der Waals surface area contributed by atoms with Crippen LogP contribution in [0.4, 0.5) is 0 Å². The minimum Gasteiger partial charge on any atom is -0.393 e. The molecule has 61 heavy (non-hydrogen) atoms. The minimum atomic E-state index is -1.04. The van der Waals surface area contributed by atoms with Gasteiger partial charge in [0, 0.05) is 38.3 Å². The van der Waals surface area contributed by atoms with Crippen LogP contribution in [0.2, 0.25) is 0 Å². The second-order valence-electron chi connectivity index (χ2n) is 22.5. The van der Waals surface area contributed by atoms with Crippen molar-refractivity contribution in [2.45, 2.75) is 204 Å². The quantitative estimate of drug-likeness (QED) is 0.111. The van der Waals surface area contributed by atoms with Gasteiger partial charge >= 0.3 is 0 Å². The lowest BCUT2D eigenvalue weighted by Gasteiger charge is -2.48. The van der Waals surface area contributed by atoms with Crippen LogP contribution in [-0.2, 0) is 14.3 Å². The highest BCUT2D eigenvalue weighted by Gasteiger charge is 2.50. The van der Waals surface area contributed by atoms with Crippen LogP contribution in [0.5, 0.6) is 0 Å². The van der Waals surface area contributed by atoms with E-state index in [-0.39, 0.29) is 35.8 Å². The van der Waals surface area contributed by atoms with Crippen LogP contribution in [0.1, 0.15) is 167 Å². The maximum absolute atomic E-state index is 14.4. The Kier molecular flexibility index (Phi) is 15.8. The largest absolute Gasteiger partial charge is 0.393 e. The number of methoxy groups -OCH3 is 1. The van der Waals surface area contributed by atoms with Crippen LogP contribution in [0.3, 0.4) is 0 Å². The zero-order valence-corrected chi connectivity index (χ0v) is 38.1. The molecule has 19 atom stereocenters. The number of Topliss-reactive ketones (excluding diaryl/α,β-unsaturated/α-hetero) is 2. The van der Waals surface area contributed by atoms with E-state index in [4.69, 9.17) is 10.5 Å². The zero-order chi connectivity index (χ0) is 42.7. The molecule has 344 valence electrons. The van der Waals surface area contributed by atoms with Crippen molar-refractivity contribution in [1.82, 2.24) is 10.6 Å². The van der Waals surface area contributed by atoms with Gasteiger partial charge < -0.3 is 36.4 Å². The van der Waals surface area contributed by atoms with E-state index in [1.165, 1.54) is 51.4 Å². The number of fused-ring (bicyclic) bond motifs is 3. The molecular formula is C52H85N3O6. The molecule has 5 saturated carbocycles. The number of ether oxygens (including phenoxy) is 1. The van der Waals surface area contributed by atoms with Crippen molar-refractivity contribution in [2.24, 2.45) is 82.2 Å². The van der Waals surface area contributed by atoms with Crippen LogP contribution in [0, 0.1) is 88.3 Å². The summed E-state index contributed by atoms with van der Waals surface area (Å²) in [6.07, 6.45) is 22.2. The monoisotopic (exact) mass is 848 g/mol. The number of hydrogen-bond donors (Lipinski definition) is 6. The lowest BCUT2D eigenvalue weighted by molar-refractivity contribution is -0.135. The molecule has 8 rings (SSSR count). The van der Waals surface area contributed by atoms with Crippen molar-refractivity contribution in [3.8, 4) is 11.8 Å². The minimum absolute atomic E-state index is 0.0197. The predicted octanol–water partition coefficient (Wildman–Crippen LogP) is 7.32. The average Bonchev–Trinajstić information content (AvgIpc) is 3.32. The molecule has 9 heteroatoms. The van der Waals surface area contributed by atoms with Gasteiger partial charge in [-0.3, -0.25) is 9.59 Å². The second-order valence-corrected chi connectivity index (χ2v) is 22.5. The van der Waals surface area contributed by atoms with Crippen LogP contribution in [-0.4, -0.2) is 83.7 Å². The van der Waals surface area contributed by atoms with Gasteiger partial charge in [0.05, 0.1) is 30.6 Å². The lowest BCUT2D eigenvalue weighted by Crippen LogP contribution is -2.52. The Hall–Kier alpha value is -1.38. The smallest absolute Gasteiger partial charge is 0.153 e. The van der Waals surface area contributed by atoms with E-state index in [0.717, 1.165) is 89.1 Å². The Bertz CT molecular complexity index is 1530. The van der Waals surface area contributed by atoms with Gasteiger partial charge in [0.25, 0.3) is 0 Å². The van der Waals surface area contributed by atoms with Crippen LogP contribution in [0.15, 0.2) is 0 Å². The summed E-state index contributed by atoms with van der Waals surface area (Å²) in [7, 11) is 1.68. The fraction of sp³-hybridized carbons (Fsp3) is 0.923. The molecule has 0 radical (unpaired) electrons. The third kappa shape index (κ3) is 10.7. The van der Waals surface area contributed by atoms with Crippen molar-refractivity contribution < 1.29 is 29.6 Å². The number of rotatable bonds is 12.